The molecule has 0 radical (unpaired) electrons. The molecule has 0 spiro atoms. The Bertz CT molecular complexity index is 1110. The number of likely N-dealkylation sites (tertiary alicyclic amines) is 1. The van der Waals surface area contributed by atoms with Gasteiger partial charge in [-0.15, -0.1) is 11.3 Å². The minimum atomic E-state index is -0.583. The number of benzene rings is 2. The molecule has 1 N–H and O–H groups in total. The van der Waals surface area contributed by atoms with E-state index in [0.29, 0.717) is 44.9 Å². The lowest BCUT2D eigenvalue weighted by molar-refractivity contribution is -0.119. The van der Waals surface area contributed by atoms with Crippen molar-refractivity contribution in [1.82, 2.24) is 4.90 Å². The van der Waals surface area contributed by atoms with Gasteiger partial charge in [-0.2, -0.15) is 0 Å². The predicted octanol–water partition coefficient (Wildman–Crippen LogP) is 4.44. The second-order valence-corrected chi connectivity index (χ2v) is 8.38. The zero-order valence-corrected chi connectivity index (χ0v) is 18.1. The molecule has 0 saturated carbocycles. The molecule has 162 valence electrons. The molecule has 1 fully saturated rings. The number of hydrogen-bond acceptors (Lipinski definition) is 5. The van der Waals surface area contributed by atoms with Crippen molar-refractivity contribution in [2.45, 2.75) is 25.5 Å². The minimum absolute atomic E-state index is 0.124. The molecule has 0 aliphatic carbocycles. The van der Waals surface area contributed by atoms with E-state index in [1.54, 1.807) is 48.4 Å². The summed E-state index contributed by atoms with van der Waals surface area (Å²) in [5, 5.41) is 3.29. The average molecular weight is 443 g/mol. The van der Waals surface area contributed by atoms with Gasteiger partial charge < -0.3 is 19.7 Å². The monoisotopic (exact) mass is 442 g/mol. The lowest BCUT2D eigenvalue weighted by Gasteiger charge is -2.24. The van der Waals surface area contributed by atoms with Gasteiger partial charge in [-0.3, -0.25) is 9.59 Å². The van der Waals surface area contributed by atoms with Gasteiger partial charge in [-0.1, -0.05) is 6.07 Å². The summed E-state index contributed by atoms with van der Waals surface area (Å²) in [6.45, 7) is 0.598. The first-order valence-electron chi connectivity index (χ1n) is 9.98. The molecule has 31 heavy (non-hydrogen) atoms. The van der Waals surface area contributed by atoms with Crippen LogP contribution in [0.15, 0.2) is 42.5 Å². The summed E-state index contributed by atoms with van der Waals surface area (Å²) < 4.78 is 25.6. The summed E-state index contributed by atoms with van der Waals surface area (Å²) in [6.07, 6.45) is 1.30. The number of amides is 2. The number of methoxy groups -OCH3 is 2. The molecular formula is C23H23FN2O4S. The molecule has 1 saturated heterocycles. The Morgan fingerprint density at radius 1 is 1.19 bits per heavy atom. The van der Waals surface area contributed by atoms with Gasteiger partial charge in [0.2, 0.25) is 5.91 Å². The molecule has 3 aromatic rings. The van der Waals surface area contributed by atoms with Crippen LogP contribution in [0.4, 0.5) is 10.1 Å². The maximum atomic E-state index is 14.5. The van der Waals surface area contributed by atoms with Crippen LogP contribution in [-0.4, -0.2) is 43.5 Å². The number of ether oxygens (including phenoxy) is 2. The van der Waals surface area contributed by atoms with E-state index < -0.39 is 6.04 Å². The third kappa shape index (κ3) is 4.13. The lowest BCUT2D eigenvalue weighted by Crippen LogP contribution is -2.43. The molecule has 2 amide bonds. The van der Waals surface area contributed by atoms with Gasteiger partial charge in [-0.25, -0.2) is 4.39 Å². The van der Waals surface area contributed by atoms with E-state index >= 15 is 0 Å². The summed E-state index contributed by atoms with van der Waals surface area (Å²) >= 11 is 1.24. The zero-order chi connectivity index (χ0) is 22.0. The molecule has 6 nitrogen and oxygen atoms in total. The van der Waals surface area contributed by atoms with Gasteiger partial charge in [0.15, 0.2) is 0 Å². The van der Waals surface area contributed by atoms with Crippen molar-refractivity contribution in [2.24, 2.45) is 0 Å². The molecule has 2 heterocycles. The van der Waals surface area contributed by atoms with Crippen LogP contribution in [0.1, 0.15) is 28.1 Å². The topological polar surface area (TPSA) is 67.9 Å². The van der Waals surface area contributed by atoms with Gasteiger partial charge >= 0.3 is 0 Å². The van der Waals surface area contributed by atoms with Crippen LogP contribution in [0.2, 0.25) is 0 Å². The average Bonchev–Trinajstić information content (AvgIpc) is 3.40. The second kappa shape index (κ2) is 9.03. The van der Waals surface area contributed by atoms with Crippen molar-refractivity contribution in [3.05, 3.63) is 58.7 Å². The first-order valence-corrected chi connectivity index (χ1v) is 10.8. The number of carbonyl (C=O) groups excluding carboxylic acids is 2. The van der Waals surface area contributed by atoms with E-state index in [0.717, 1.165) is 6.42 Å². The van der Waals surface area contributed by atoms with Crippen LogP contribution < -0.4 is 10.1 Å². The third-order valence-corrected chi connectivity index (χ3v) is 6.61. The molecular weight excluding hydrogens is 419 g/mol. The van der Waals surface area contributed by atoms with Gasteiger partial charge in [0.25, 0.3) is 5.91 Å². The smallest absolute Gasteiger partial charge is 0.265 e. The first-order chi connectivity index (χ1) is 15.0. The van der Waals surface area contributed by atoms with E-state index in [-0.39, 0.29) is 24.2 Å². The first kappa shape index (κ1) is 21.3. The summed E-state index contributed by atoms with van der Waals surface area (Å²) in [7, 11) is 3.09. The Hall–Kier alpha value is -2.97. The number of halogens is 1. The largest absolute Gasteiger partial charge is 0.497 e. The number of carbonyl (C=O) groups is 2. The fourth-order valence-corrected chi connectivity index (χ4v) is 5.11. The van der Waals surface area contributed by atoms with E-state index in [1.165, 1.54) is 24.5 Å². The fourth-order valence-electron chi connectivity index (χ4n) is 3.93. The molecule has 1 atom stereocenters. The van der Waals surface area contributed by atoms with Gasteiger partial charge in [0, 0.05) is 35.0 Å². The molecule has 1 aromatic heterocycles. The Kier molecular flexibility index (Phi) is 6.20. The van der Waals surface area contributed by atoms with Crippen molar-refractivity contribution < 1.29 is 23.5 Å². The molecule has 1 aliphatic heterocycles. The Balaban J connectivity index is 1.59. The molecule has 2 aromatic carbocycles. The highest BCUT2D eigenvalue weighted by Gasteiger charge is 2.36. The van der Waals surface area contributed by atoms with Gasteiger partial charge in [0.05, 0.1) is 18.6 Å². The zero-order valence-electron chi connectivity index (χ0n) is 17.3. The minimum Gasteiger partial charge on any atom is -0.497 e. The standard InChI is InChI=1S/C23H23FN2O4S/c1-29-13-16-20-17(24)5-3-7-19(20)31-21(16)23(28)26-12-4-6-18(26)22(27)25-14-8-10-15(30-2)11-9-14/h3,5,7-11,18H,4,6,12-13H2,1-2H3,(H,25,27). The number of anilines is 1. The second-order valence-electron chi connectivity index (χ2n) is 7.33. The van der Waals surface area contributed by atoms with Crippen molar-refractivity contribution in [2.75, 3.05) is 26.1 Å². The maximum Gasteiger partial charge on any atom is 0.265 e. The summed E-state index contributed by atoms with van der Waals surface area (Å²) in [4.78, 5) is 28.4. The number of nitrogens with zero attached hydrogens (tertiary/aromatic N) is 1. The van der Waals surface area contributed by atoms with E-state index in [1.807, 2.05) is 0 Å². The molecule has 8 heteroatoms. The molecule has 1 aliphatic rings. The Morgan fingerprint density at radius 3 is 2.68 bits per heavy atom. The number of hydrogen-bond donors (Lipinski definition) is 1. The maximum absolute atomic E-state index is 14.5. The summed E-state index contributed by atoms with van der Waals surface area (Å²) in [5.74, 6) is -0.190. The van der Waals surface area contributed by atoms with E-state index in [9.17, 15) is 14.0 Å². The van der Waals surface area contributed by atoms with Gasteiger partial charge in [0.1, 0.15) is 17.6 Å². The highest BCUT2D eigenvalue weighted by atomic mass is 32.1. The van der Waals surface area contributed by atoms with Crippen LogP contribution in [0.5, 0.6) is 5.75 Å². The van der Waals surface area contributed by atoms with E-state index in [2.05, 4.69) is 5.32 Å². The Labute approximate surface area is 183 Å². The van der Waals surface area contributed by atoms with Crippen molar-refractivity contribution >= 4 is 38.9 Å². The van der Waals surface area contributed by atoms with E-state index in [4.69, 9.17) is 9.47 Å². The van der Waals surface area contributed by atoms with Crippen LogP contribution in [0, 0.1) is 5.82 Å². The Morgan fingerprint density at radius 2 is 1.97 bits per heavy atom. The lowest BCUT2D eigenvalue weighted by atomic mass is 10.1. The van der Waals surface area contributed by atoms with Crippen molar-refractivity contribution in [3.8, 4) is 5.75 Å². The van der Waals surface area contributed by atoms with Crippen molar-refractivity contribution in [1.29, 1.82) is 0 Å². The van der Waals surface area contributed by atoms with Crippen LogP contribution in [0.25, 0.3) is 10.1 Å². The molecule has 0 bridgehead atoms. The third-order valence-electron chi connectivity index (χ3n) is 5.42. The highest BCUT2D eigenvalue weighted by Crippen LogP contribution is 2.36. The highest BCUT2D eigenvalue weighted by molar-refractivity contribution is 7.21. The molecule has 4 rings (SSSR count). The number of thiophene rings is 1. The summed E-state index contributed by atoms with van der Waals surface area (Å²) in [6, 6.07) is 11.2. The van der Waals surface area contributed by atoms with Gasteiger partial charge in [-0.05, 0) is 49.2 Å². The quantitative estimate of drug-likeness (QED) is 0.613. The number of rotatable bonds is 6. The van der Waals surface area contributed by atoms with Crippen molar-refractivity contribution in [3.63, 3.8) is 0 Å². The van der Waals surface area contributed by atoms with Crippen LogP contribution in [-0.2, 0) is 16.1 Å². The number of nitrogens with one attached hydrogen (secondary N) is 1. The van der Waals surface area contributed by atoms with Crippen LogP contribution in [0.3, 0.4) is 0 Å². The summed E-state index contributed by atoms with van der Waals surface area (Å²) in [5.41, 5.74) is 1.17. The predicted molar refractivity (Wildman–Crippen MR) is 118 cm³/mol. The SMILES string of the molecule is COCc1c(C(=O)N2CCCC2C(=O)Nc2ccc(OC)cc2)sc2cccc(F)c12. The fraction of sp³-hybridized carbons (Fsp3) is 0.304. The molecule has 1 unspecified atom stereocenters. The number of fused-ring (bicyclic) bond motifs is 1. The normalized spacial score (nSPS) is 16.0. The van der Waals surface area contributed by atoms with Crippen LogP contribution >= 0.6 is 11.3 Å².